The molecule has 3 rings (SSSR count). The number of rotatable bonds is 5. The van der Waals surface area contributed by atoms with Crippen molar-refractivity contribution in [3.05, 3.63) is 73.8 Å². The Hall–Kier alpha value is -4.22. The molecule has 142 valence electrons. The maximum Gasteiger partial charge on any atom is 0.277 e. The van der Waals surface area contributed by atoms with Gasteiger partial charge in [0.1, 0.15) is 12.1 Å². The Balaban J connectivity index is 1.91. The van der Waals surface area contributed by atoms with E-state index in [4.69, 9.17) is 0 Å². The molecule has 12 nitrogen and oxygen atoms in total. The largest absolute Gasteiger partial charge is 0.306 e. The predicted octanol–water partition coefficient (Wildman–Crippen LogP) is 2.35. The number of amides is 1. The van der Waals surface area contributed by atoms with Gasteiger partial charge in [0.05, 0.1) is 27.2 Å². The molecule has 0 aliphatic heterocycles. The van der Waals surface area contributed by atoms with E-state index in [-0.39, 0.29) is 11.4 Å². The molecule has 2 aromatic heterocycles. The summed E-state index contributed by atoms with van der Waals surface area (Å²) in [6.07, 6.45) is 1.22. The molecule has 0 unspecified atom stereocenters. The molecule has 1 N–H and O–H groups in total. The molecule has 0 aliphatic carbocycles. The first-order valence-corrected chi connectivity index (χ1v) is 7.85. The van der Waals surface area contributed by atoms with Gasteiger partial charge in [-0.2, -0.15) is 5.10 Å². The summed E-state index contributed by atoms with van der Waals surface area (Å²) in [5.74, 6) is -0.276. The Kier molecular flexibility index (Phi) is 4.76. The number of aryl methyl sites for hydroxylation is 2. The molecular formula is C16H13N7O5. The molecule has 0 radical (unpaired) electrons. The molecule has 0 saturated carbocycles. The third kappa shape index (κ3) is 3.80. The summed E-state index contributed by atoms with van der Waals surface area (Å²) < 4.78 is 1.56. The van der Waals surface area contributed by atoms with Crippen molar-refractivity contribution in [2.45, 2.75) is 13.8 Å². The first kappa shape index (κ1) is 18.6. The number of hydrogen-bond donors (Lipinski definition) is 1. The van der Waals surface area contributed by atoms with Gasteiger partial charge in [-0.3, -0.25) is 25.0 Å². The highest BCUT2D eigenvalue weighted by Gasteiger charge is 2.20. The van der Waals surface area contributed by atoms with E-state index in [1.165, 1.54) is 12.4 Å². The van der Waals surface area contributed by atoms with Crippen molar-refractivity contribution in [3.63, 3.8) is 0 Å². The second-order valence-electron chi connectivity index (χ2n) is 5.81. The van der Waals surface area contributed by atoms with Crippen molar-refractivity contribution in [1.82, 2.24) is 19.7 Å². The third-order valence-corrected chi connectivity index (χ3v) is 3.71. The third-order valence-electron chi connectivity index (χ3n) is 3.71. The lowest BCUT2D eigenvalue weighted by Crippen LogP contribution is -2.14. The Labute approximate surface area is 157 Å². The van der Waals surface area contributed by atoms with Crippen LogP contribution in [0.3, 0.4) is 0 Å². The molecule has 2 heterocycles. The van der Waals surface area contributed by atoms with E-state index >= 15 is 0 Å². The summed E-state index contributed by atoms with van der Waals surface area (Å²) in [6, 6.07) is 5.99. The van der Waals surface area contributed by atoms with Crippen molar-refractivity contribution in [2.24, 2.45) is 0 Å². The molecule has 12 heteroatoms. The second kappa shape index (κ2) is 7.19. The van der Waals surface area contributed by atoms with E-state index in [0.717, 1.165) is 29.6 Å². The summed E-state index contributed by atoms with van der Waals surface area (Å²) >= 11 is 0. The molecule has 0 saturated heterocycles. The van der Waals surface area contributed by atoms with E-state index < -0.39 is 27.1 Å². The van der Waals surface area contributed by atoms with Gasteiger partial charge in [-0.1, -0.05) is 0 Å². The molecule has 1 amide bonds. The van der Waals surface area contributed by atoms with Crippen LogP contribution in [-0.4, -0.2) is 35.5 Å². The zero-order valence-corrected chi connectivity index (χ0v) is 14.7. The number of hydrogen-bond acceptors (Lipinski definition) is 8. The van der Waals surface area contributed by atoms with Crippen molar-refractivity contribution >= 4 is 23.1 Å². The fourth-order valence-electron chi connectivity index (χ4n) is 2.52. The number of non-ortho nitro benzene ring substituents is 2. The van der Waals surface area contributed by atoms with Gasteiger partial charge in [-0.25, -0.2) is 14.6 Å². The number of benzene rings is 1. The van der Waals surface area contributed by atoms with Crippen LogP contribution >= 0.6 is 0 Å². The predicted molar refractivity (Wildman–Crippen MR) is 96.3 cm³/mol. The number of carbonyl (C=O) groups excluding carboxylic acids is 1. The lowest BCUT2D eigenvalue weighted by atomic mass is 10.1. The van der Waals surface area contributed by atoms with Gasteiger partial charge in [0.15, 0.2) is 5.82 Å². The highest BCUT2D eigenvalue weighted by molar-refractivity contribution is 6.04. The smallest absolute Gasteiger partial charge is 0.277 e. The minimum atomic E-state index is -0.810. The van der Waals surface area contributed by atoms with Crippen molar-refractivity contribution in [3.8, 4) is 5.82 Å². The first-order valence-electron chi connectivity index (χ1n) is 7.85. The van der Waals surface area contributed by atoms with Gasteiger partial charge < -0.3 is 5.32 Å². The molecule has 1 aromatic carbocycles. The van der Waals surface area contributed by atoms with Crippen LogP contribution in [0.1, 0.15) is 21.7 Å². The number of aromatic nitrogens is 4. The number of nitrogens with zero attached hydrogens (tertiary/aromatic N) is 6. The van der Waals surface area contributed by atoms with Gasteiger partial charge in [-0.15, -0.1) is 0 Å². The average Bonchev–Trinajstić information content (AvgIpc) is 2.99. The monoisotopic (exact) mass is 383 g/mol. The van der Waals surface area contributed by atoms with Gasteiger partial charge in [0.25, 0.3) is 17.3 Å². The summed E-state index contributed by atoms with van der Waals surface area (Å²) in [6.45, 7) is 3.66. The maximum absolute atomic E-state index is 12.4. The molecule has 0 spiro atoms. The second-order valence-corrected chi connectivity index (χ2v) is 5.81. The van der Waals surface area contributed by atoms with Crippen LogP contribution < -0.4 is 5.32 Å². The Morgan fingerprint density at radius 1 is 1.00 bits per heavy atom. The van der Waals surface area contributed by atoms with E-state index in [2.05, 4.69) is 20.4 Å². The minimum Gasteiger partial charge on any atom is -0.306 e. The minimum absolute atomic E-state index is 0.108. The highest BCUT2D eigenvalue weighted by Crippen LogP contribution is 2.23. The average molecular weight is 383 g/mol. The Morgan fingerprint density at radius 3 is 2.18 bits per heavy atom. The molecule has 0 bridgehead atoms. The van der Waals surface area contributed by atoms with Crippen LogP contribution in [0.4, 0.5) is 17.2 Å². The topological polar surface area (TPSA) is 159 Å². The lowest BCUT2D eigenvalue weighted by molar-refractivity contribution is -0.394. The molecule has 0 aliphatic rings. The van der Waals surface area contributed by atoms with Crippen molar-refractivity contribution in [2.75, 3.05) is 5.32 Å². The number of nitro benzene ring substituents is 2. The van der Waals surface area contributed by atoms with Gasteiger partial charge in [0.2, 0.25) is 0 Å². The highest BCUT2D eigenvalue weighted by atomic mass is 16.6. The molecular weight excluding hydrogens is 370 g/mol. The van der Waals surface area contributed by atoms with E-state index in [0.29, 0.717) is 5.82 Å². The summed E-state index contributed by atoms with van der Waals surface area (Å²) in [5.41, 5.74) is 0.233. The standard InChI is InChI=1S/C16H13N7O5/c1-9-3-10(2)21(20-9)15-7-14(17-8-18-15)19-16(24)11-4-12(22(25)26)6-13(5-11)23(27)28/h3-8H,1-2H3,(H,17,18,19,24). The summed E-state index contributed by atoms with van der Waals surface area (Å²) in [4.78, 5) is 40.8. The zero-order valence-electron chi connectivity index (χ0n) is 14.7. The number of nitro groups is 2. The van der Waals surface area contributed by atoms with Gasteiger partial charge in [-0.05, 0) is 19.9 Å². The van der Waals surface area contributed by atoms with E-state index in [1.807, 2.05) is 19.9 Å². The quantitative estimate of drug-likeness (QED) is 0.519. The van der Waals surface area contributed by atoms with Crippen LogP contribution in [0.5, 0.6) is 0 Å². The Morgan fingerprint density at radius 2 is 1.64 bits per heavy atom. The first-order chi connectivity index (χ1) is 13.2. The summed E-state index contributed by atoms with van der Waals surface area (Å²) in [7, 11) is 0. The zero-order chi connectivity index (χ0) is 20.4. The fourth-order valence-corrected chi connectivity index (χ4v) is 2.52. The number of nitrogens with one attached hydrogen (secondary N) is 1. The van der Waals surface area contributed by atoms with Crippen LogP contribution in [0, 0.1) is 34.1 Å². The molecule has 0 atom stereocenters. The van der Waals surface area contributed by atoms with Crippen molar-refractivity contribution < 1.29 is 14.6 Å². The fraction of sp³-hybridized carbons (Fsp3) is 0.125. The number of anilines is 1. The van der Waals surface area contributed by atoms with Gasteiger partial charge in [0, 0.05) is 23.9 Å². The normalized spacial score (nSPS) is 10.5. The maximum atomic E-state index is 12.4. The van der Waals surface area contributed by atoms with Crippen molar-refractivity contribution in [1.29, 1.82) is 0 Å². The van der Waals surface area contributed by atoms with E-state index in [9.17, 15) is 25.0 Å². The molecule has 0 fully saturated rings. The molecule has 3 aromatic rings. The SMILES string of the molecule is Cc1cc(C)n(-c2cc(NC(=O)c3cc([N+](=O)[O-])cc([N+](=O)[O-])c3)ncn2)n1. The van der Waals surface area contributed by atoms with E-state index in [1.54, 1.807) is 4.68 Å². The van der Waals surface area contributed by atoms with Crippen LogP contribution in [0.15, 0.2) is 36.7 Å². The summed E-state index contributed by atoms with van der Waals surface area (Å²) in [5, 5.41) is 28.7. The molecule has 28 heavy (non-hydrogen) atoms. The van der Waals surface area contributed by atoms with Crippen LogP contribution in [0.25, 0.3) is 5.82 Å². The van der Waals surface area contributed by atoms with Crippen LogP contribution in [-0.2, 0) is 0 Å². The van der Waals surface area contributed by atoms with Crippen LogP contribution in [0.2, 0.25) is 0 Å². The van der Waals surface area contributed by atoms with Gasteiger partial charge >= 0.3 is 0 Å². The number of carbonyl (C=O) groups is 1. The Bertz CT molecular complexity index is 1080. The lowest BCUT2D eigenvalue weighted by Gasteiger charge is -2.07.